The number of anilines is 1. The van der Waals surface area contributed by atoms with E-state index in [1.54, 1.807) is 12.2 Å². The fourth-order valence-electron chi connectivity index (χ4n) is 0.876. The summed E-state index contributed by atoms with van der Waals surface area (Å²) in [6.07, 6.45) is 3.25. The zero-order valence-corrected chi connectivity index (χ0v) is 7.38. The van der Waals surface area contributed by atoms with Gasteiger partial charge in [-0.25, -0.2) is 10.8 Å². The maximum Gasteiger partial charge on any atom is 0.228 e. The molecule has 0 aliphatic carbocycles. The van der Waals surface area contributed by atoms with Crippen LogP contribution in [0.25, 0.3) is 12.2 Å². The maximum absolute atomic E-state index is 5.19. The summed E-state index contributed by atoms with van der Waals surface area (Å²) in [6.45, 7) is 7.22. The zero-order chi connectivity index (χ0) is 9.14. The Bertz CT molecular complexity index is 315. The molecule has 0 unspecified atom stereocenters. The Kier molecular flexibility index (Phi) is 2.57. The van der Waals surface area contributed by atoms with Crippen molar-refractivity contribution in [1.29, 1.82) is 0 Å². The summed E-state index contributed by atoms with van der Waals surface area (Å²) in [5.74, 6) is 5.65. The van der Waals surface area contributed by atoms with Crippen LogP contribution in [0.2, 0.25) is 0 Å². The number of nitrogens with one attached hydrogen (secondary N) is 1. The van der Waals surface area contributed by atoms with Gasteiger partial charge in [0.2, 0.25) is 5.95 Å². The molecule has 0 aliphatic heterocycles. The van der Waals surface area contributed by atoms with Crippen LogP contribution < -0.4 is 11.3 Å². The number of aromatic nitrogens is 2. The second-order valence-corrected chi connectivity index (χ2v) is 2.47. The van der Waals surface area contributed by atoms with Gasteiger partial charge in [-0.15, -0.1) is 0 Å². The van der Waals surface area contributed by atoms with Gasteiger partial charge in [0.1, 0.15) is 0 Å². The molecule has 3 N–H and O–H groups in total. The van der Waals surface area contributed by atoms with E-state index in [4.69, 9.17) is 5.84 Å². The molecule has 0 spiro atoms. The van der Waals surface area contributed by atoms with Crippen LogP contribution >= 0.6 is 12.8 Å². The van der Waals surface area contributed by atoms with E-state index in [9.17, 15) is 0 Å². The zero-order valence-electron chi connectivity index (χ0n) is 6.49. The fraction of sp³-hybridized carbons (Fsp3) is 0. The van der Waals surface area contributed by atoms with Crippen LogP contribution in [-0.2, 0) is 0 Å². The topological polar surface area (TPSA) is 55.9 Å². The van der Waals surface area contributed by atoms with E-state index in [1.165, 1.54) is 3.97 Å². The molecule has 0 fully saturated rings. The van der Waals surface area contributed by atoms with Gasteiger partial charge in [0.05, 0.1) is 11.4 Å². The molecule has 0 bridgehead atoms. The molecule has 1 heterocycles. The lowest BCUT2D eigenvalue weighted by atomic mass is 10.3. The average Bonchev–Trinajstić information content (AvgIpc) is 2.41. The Morgan fingerprint density at radius 3 is 2.50 bits per heavy atom. The number of hydrogen-bond acceptors (Lipinski definition) is 4. The Balaban J connectivity index is 3.31. The molecule has 0 aliphatic rings. The Hall–Kier alpha value is -1.20. The van der Waals surface area contributed by atoms with E-state index in [0.717, 1.165) is 5.69 Å². The van der Waals surface area contributed by atoms with Crippen molar-refractivity contribution in [2.75, 3.05) is 5.43 Å². The largest absolute Gasteiger partial charge is 0.293 e. The van der Waals surface area contributed by atoms with Crippen molar-refractivity contribution in [3.05, 3.63) is 24.5 Å². The van der Waals surface area contributed by atoms with Gasteiger partial charge in [-0.1, -0.05) is 26.0 Å². The SMILES string of the molecule is C=Cc1nc(NN)n(S)c1C=C. The first-order chi connectivity index (χ1) is 5.74. The summed E-state index contributed by atoms with van der Waals surface area (Å²) >= 11 is 4.14. The number of imidazole rings is 1. The van der Waals surface area contributed by atoms with Gasteiger partial charge in [0.15, 0.2) is 0 Å². The Labute approximate surface area is 76.3 Å². The minimum absolute atomic E-state index is 0.461. The molecule has 0 atom stereocenters. The first-order valence-electron chi connectivity index (χ1n) is 3.28. The van der Waals surface area contributed by atoms with E-state index in [-0.39, 0.29) is 0 Å². The van der Waals surface area contributed by atoms with Crippen molar-refractivity contribution < 1.29 is 0 Å². The van der Waals surface area contributed by atoms with Crippen molar-refractivity contribution in [2.45, 2.75) is 0 Å². The van der Waals surface area contributed by atoms with Crippen molar-refractivity contribution in [2.24, 2.45) is 5.84 Å². The normalized spacial score (nSPS) is 9.50. The number of nitrogens with two attached hydrogens (primary N) is 1. The summed E-state index contributed by atoms with van der Waals surface area (Å²) in [4.78, 5) is 4.08. The summed E-state index contributed by atoms with van der Waals surface area (Å²) in [7, 11) is 0. The van der Waals surface area contributed by atoms with E-state index >= 15 is 0 Å². The van der Waals surface area contributed by atoms with Crippen LogP contribution in [0.15, 0.2) is 13.2 Å². The molecule has 0 saturated heterocycles. The average molecular weight is 182 g/mol. The number of nitrogen functional groups attached to an aromatic ring is 1. The molecule has 5 heteroatoms. The van der Waals surface area contributed by atoms with Gasteiger partial charge in [-0.2, -0.15) is 0 Å². The van der Waals surface area contributed by atoms with E-state index in [0.29, 0.717) is 11.6 Å². The van der Waals surface area contributed by atoms with Gasteiger partial charge >= 0.3 is 0 Å². The third kappa shape index (κ3) is 1.24. The number of thiol groups is 1. The van der Waals surface area contributed by atoms with Gasteiger partial charge in [-0.3, -0.25) is 9.40 Å². The third-order valence-corrected chi connectivity index (χ3v) is 1.84. The number of rotatable bonds is 3. The molecule has 12 heavy (non-hydrogen) atoms. The second kappa shape index (κ2) is 3.46. The monoisotopic (exact) mass is 182 g/mol. The van der Waals surface area contributed by atoms with Gasteiger partial charge in [0.25, 0.3) is 0 Å². The van der Waals surface area contributed by atoms with Crippen LogP contribution in [0.1, 0.15) is 11.4 Å². The minimum atomic E-state index is 0.461. The molecule has 1 aromatic heterocycles. The smallest absolute Gasteiger partial charge is 0.228 e. The van der Waals surface area contributed by atoms with E-state index in [1.807, 2.05) is 0 Å². The van der Waals surface area contributed by atoms with Gasteiger partial charge in [0, 0.05) is 0 Å². The molecular weight excluding hydrogens is 172 g/mol. The first-order valence-corrected chi connectivity index (χ1v) is 3.68. The van der Waals surface area contributed by atoms with Crippen LogP contribution in [-0.4, -0.2) is 8.96 Å². The molecule has 0 saturated carbocycles. The van der Waals surface area contributed by atoms with Crippen molar-refractivity contribution in [3.63, 3.8) is 0 Å². The lowest BCUT2D eigenvalue weighted by Gasteiger charge is -1.98. The predicted molar refractivity (Wildman–Crippen MR) is 54.6 cm³/mol. The molecule has 1 rings (SSSR count). The summed E-state index contributed by atoms with van der Waals surface area (Å²) in [5.41, 5.74) is 3.87. The molecule has 0 radical (unpaired) electrons. The van der Waals surface area contributed by atoms with Crippen molar-refractivity contribution >= 4 is 30.9 Å². The van der Waals surface area contributed by atoms with Gasteiger partial charge in [-0.05, 0) is 12.2 Å². The fourth-order valence-corrected chi connectivity index (χ4v) is 1.16. The predicted octanol–water partition coefficient (Wildman–Crippen LogP) is 1.15. The lowest BCUT2D eigenvalue weighted by Crippen LogP contribution is -2.10. The molecule has 0 amide bonds. The minimum Gasteiger partial charge on any atom is -0.293 e. The lowest BCUT2D eigenvalue weighted by molar-refractivity contribution is 1.16. The summed E-state index contributed by atoms with van der Waals surface area (Å²) in [5, 5.41) is 0. The molecular formula is C7H10N4S. The summed E-state index contributed by atoms with van der Waals surface area (Å²) < 4.78 is 1.50. The number of hydrazine groups is 1. The first kappa shape index (κ1) is 8.89. The Morgan fingerprint density at radius 2 is 2.17 bits per heavy atom. The second-order valence-electron chi connectivity index (χ2n) is 2.07. The summed E-state index contributed by atoms with van der Waals surface area (Å²) in [6, 6.07) is 0. The van der Waals surface area contributed by atoms with Crippen LogP contribution in [0.3, 0.4) is 0 Å². The standard InChI is InChI=1S/C7H10N4S/c1-3-5-6(4-2)11(12)7(9-5)10-8/h3-4,12H,1-2,8H2,(H,9,10). The third-order valence-electron chi connectivity index (χ3n) is 1.43. The quantitative estimate of drug-likeness (QED) is 0.373. The molecule has 64 valence electrons. The molecule has 1 aromatic rings. The van der Waals surface area contributed by atoms with Crippen LogP contribution in [0, 0.1) is 0 Å². The van der Waals surface area contributed by atoms with E-state index in [2.05, 4.69) is 36.4 Å². The highest BCUT2D eigenvalue weighted by Crippen LogP contribution is 2.18. The van der Waals surface area contributed by atoms with E-state index < -0.39 is 0 Å². The van der Waals surface area contributed by atoms with Crippen molar-refractivity contribution in [3.8, 4) is 0 Å². The highest BCUT2D eigenvalue weighted by Gasteiger charge is 2.08. The number of hydrogen-bond donors (Lipinski definition) is 3. The molecule has 0 aromatic carbocycles. The van der Waals surface area contributed by atoms with Crippen LogP contribution in [0.5, 0.6) is 0 Å². The van der Waals surface area contributed by atoms with Crippen LogP contribution in [0.4, 0.5) is 5.95 Å². The molecule has 4 nitrogen and oxygen atoms in total. The number of nitrogens with zero attached hydrogens (tertiary/aromatic N) is 2. The maximum atomic E-state index is 5.19. The van der Waals surface area contributed by atoms with Gasteiger partial charge < -0.3 is 0 Å². The highest BCUT2D eigenvalue weighted by atomic mass is 32.1. The Morgan fingerprint density at radius 1 is 1.50 bits per heavy atom. The highest BCUT2D eigenvalue weighted by molar-refractivity contribution is 7.78. The van der Waals surface area contributed by atoms with Crippen molar-refractivity contribution in [1.82, 2.24) is 8.96 Å².